The molecule has 2 aliphatic rings. The SMILES string of the molecule is CCC(=O)N(c1ccccc1)C1CCN(CCc2ccccc2)CC1.O=C(CCCN1CC=C(n2c(=O)[nH]c3ccccc32)CC1)c1ccc(F)cc1.O=C(O)CC(O)(CC(=O)O)C(=O)O. The molecule has 7 rings (SSSR count). The molecular weight excluding hydrogens is 850 g/mol. The van der Waals surface area contributed by atoms with Crippen LogP contribution in [0.4, 0.5) is 10.1 Å². The third-order valence-corrected chi connectivity index (χ3v) is 11.6. The summed E-state index contributed by atoms with van der Waals surface area (Å²) in [5.41, 5.74) is 2.91. The fourth-order valence-electron chi connectivity index (χ4n) is 8.05. The Labute approximate surface area is 382 Å². The topological polar surface area (TPSA) is 214 Å². The van der Waals surface area contributed by atoms with Crippen LogP contribution in [0.1, 0.15) is 74.2 Å². The number of piperidine rings is 1. The summed E-state index contributed by atoms with van der Waals surface area (Å²) in [4.78, 5) is 77.2. The minimum absolute atomic E-state index is 0.0404. The maximum absolute atomic E-state index is 12.9. The first-order valence-corrected chi connectivity index (χ1v) is 22.1. The van der Waals surface area contributed by atoms with E-state index in [-0.39, 0.29) is 23.2 Å². The van der Waals surface area contributed by atoms with Crippen LogP contribution in [0.5, 0.6) is 0 Å². The molecule has 0 radical (unpaired) electrons. The summed E-state index contributed by atoms with van der Waals surface area (Å²) < 4.78 is 14.7. The van der Waals surface area contributed by atoms with Crippen molar-refractivity contribution in [2.45, 2.75) is 76.4 Å². The number of ketones is 1. The molecule has 15 nitrogen and oxygen atoms in total. The van der Waals surface area contributed by atoms with E-state index in [1.807, 2.05) is 54.3 Å². The molecule has 1 aromatic heterocycles. The fraction of sp³-hybridized carbons (Fsp3) is 0.360. The van der Waals surface area contributed by atoms with E-state index >= 15 is 0 Å². The van der Waals surface area contributed by atoms with Crippen molar-refractivity contribution in [3.63, 3.8) is 0 Å². The van der Waals surface area contributed by atoms with Gasteiger partial charge in [0.2, 0.25) is 5.91 Å². The number of carbonyl (C=O) groups excluding carboxylic acids is 2. The quantitative estimate of drug-likeness (QED) is 0.0628. The number of hydrogen-bond acceptors (Lipinski definition) is 9. The van der Waals surface area contributed by atoms with Crippen molar-refractivity contribution in [3.05, 3.63) is 143 Å². The molecule has 0 atom stereocenters. The minimum atomic E-state index is -2.74. The molecule has 1 saturated heterocycles. The molecule has 4 aromatic carbocycles. The standard InChI is InChI=1S/C22H22FN3O2.C22H28N2O.C6H8O7/c23-17-9-7-16(8-10-17)21(27)6-3-13-25-14-11-18(12-15-25)26-20-5-2-1-4-19(20)24-22(26)28;1-2-22(25)24(20-11-7-4-8-12-20)21-14-17-23(18-15-21)16-13-19-9-5-3-6-10-19;7-3(8)1-6(13,5(11)12)2-4(9)10/h1-2,4-5,7-11H,3,6,12-15H2,(H,24,28);3-12,21H,2,13-18H2,1H3;13H,1-2H2,(H,7,8)(H,9,10)(H,11,12). The molecule has 66 heavy (non-hydrogen) atoms. The van der Waals surface area contributed by atoms with E-state index < -0.39 is 36.4 Å². The third-order valence-electron chi connectivity index (χ3n) is 11.6. The number of aromatic nitrogens is 2. The highest BCUT2D eigenvalue weighted by atomic mass is 19.1. The summed E-state index contributed by atoms with van der Waals surface area (Å²) in [5, 5.41) is 33.8. The molecule has 2 aliphatic heterocycles. The second-order valence-corrected chi connectivity index (χ2v) is 16.3. The van der Waals surface area contributed by atoms with Crippen LogP contribution >= 0.6 is 0 Å². The van der Waals surface area contributed by atoms with Gasteiger partial charge in [0.25, 0.3) is 0 Å². The van der Waals surface area contributed by atoms with Crippen molar-refractivity contribution >= 4 is 52.0 Å². The van der Waals surface area contributed by atoms with Crippen molar-refractivity contribution in [2.24, 2.45) is 0 Å². The summed E-state index contributed by atoms with van der Waals surface area (Å²) >= 11 is 0. The second-order valence-electron chi connectivity index (χ2n) is 16.3. The van der Waals surface area contributed by atoms with Crippen LogP contribution < -0.4 is 10.6 Å². The van der Waals surface area contributed by atoms with E-state index in [2.05, 4.69) is 63.3 Å². The number of hydrogen-bond donors (Lipinski definition) is 5. The van der Waals surface area contributed by atoms with Crippen molar-refractivity contribution in [3.8, 4) is 0 Å². The molecule has 350 valence electrons. The van der Waals surface area contributed by atoms with Crippen LogP contribution in [-0.4, -0.2) is 120 Å². The summed E-state index contributed by atoms with van der Waals surface area (Å²) in [7, 11) is 0. The lowest BCUT2D eigenvalue weighted by Gasteiger charge is -2.38. The number of nitrogens with zero attached hydrogens (tertiary/aromatic N) is 4. The number of amides is 1. The molecule has 0 spiro atoms. The van der Waals surface area contributed by atoms with Gasteiger partial charge >= 0.3 is 23.6 Å². The summed E-state index contributed by atoms with van der Waals surface area (Å²) in [6.07, 6.45) is 5.55. The fourth-order valence-corrected chi connectivity index (χ4v) is 8.05. The third kappa shape index (κ3) is 14.6. The average Bonchev–Trinajstić information content (AvgIpc) is 3.65. The maximum atomic E-state index is 12.9. The Morgan fingerprint density at radius 3 is 1.95 bits per heavy atom. The van der Waals surface area contributed by atoms with Crippen LogP contribution in [0.2, 0.25) is 0 Å². The van der Waals surface area contributed by atoms with Crippen molar-refractivity contribution in [1.29, 1.82) is 0 Å². The smallest absolute Gasteiger partial charge is 0.336 e. The molecule has 3 heterocycles. The Morgan fingerprint density at radius 2 is 1.38 bits per heavy atom. The number of halogens is 1. The predicted molar refractivity (Wildman–Crippen MR) is 249 cm³/mol. The van der Waals surface area contributed by atoms with Crippen LogP contribution in [0, 0.1) is 5.82 Å². The first-order valence-electron chi connectivity index (χ1n) is 22.1. The van der Waals surface area contributed by atoms with Crippen molar-refractivity contribution in [1.82, 2.24) is 19.4 Å². The Balaban J connectivity index is 0.000000198. The highest BCUT2D eigenvalue weighted by Gasteiger charge is 2.40. The van der Waals surface area contributed by atoms with Gasteiger partial charge in [-0.25, -0.2) is 14.0 Å². The largest absolute Gasteiger partial charge is 0.481 e. The molecule has 5 aromatic rings. The number of para-hydroxylation sites is 3. The Kier molecular flexibility index (Phi) is 18.7. The molecule has 1 amide bonds. The van der Waals surface area contributed by atoms with Gasteiger partial charge in [-0.2, -0.15) is 0 Å². The number of H-pyrrole nitrogens is 1. The van der Waals surface area contributed by atoms with E-state index in [9.17, 15) is 33.2 Å². The number of anilines is 1. The van der Waals surface area contributed by atoms with Gasteiger partial charge < -0.3 is 35.2 Å². The normalized spacial score (nSPS) is 14.5. The highest BCUT2D eigenvalue weighted by molar-refractivity contribution is 5.96. The van der Waals surface area contributed by atoms with Crippen LogP contribution in [0.25, 0.3) is 16.7 Å². The van der Waals surface area contributed by atoms with Gasteiger partial charge in [-0.1, -0.05) is 73.7 Å². The van der Waals surface area contributed by atoms with Crippen molar-refractivity contribution < 1.29 is 48.8 Å². The minimum Gasteiger partial charge on any atom is -0.481 e. The summed E-state index contributed by atoms with van der Waals surface area (Å²) in [5.74, 6) is -5.08. The van der Waals surface area contributed by atoms with Gasteiger partial charge in [-0.15, -0.1) is 0 Å². The number of likely N-dealkylation sites (tertiary alicyclic amines) is 1. The zero-order valence-electron chi connectivity index (χ0n) is 37.1. The molecule has 0 saturated carbocycles. The second kappa shape index (κ2) is 24.5. The summed E-state index contributed by atoms with van der Waals surface area (Å²) in [6.45, 7) is 7.61. The zero-order valence-corrected chi connectivity index (χ0v) is 37.1. The molecule has 0 bridgehead atoms. The number of benzene rings is 4. The number of rotatable bonds is 17. The Bertz CT molecular complexity index is 2470. The van der Waals surface area contributed by atoms with Crippen LogP contribution in [0.3, 0.4) is 0 Å². The first kappa shape index (κ1) is 50.3. The number of aliphatic hydroxyl groups is 1. The first-order chi connectivity index (χ1) is 31.7. The lowest BCUT2D eigenvalue weighted by Crippen LogP contribution is -2.47. The number of Topliss-reactive ketones (excluding diaryl/α,β-unsaturated/α-hetero) is 1. The zero-order chi connectivity index (χ0) is 47.6. The van der Waals surface area contributed by atoms with Crippen molar-refractivity contribution in [2.75, 3.05) is 44.2 Å². The Hall–Kier alpha value is -6.75. The average molecular weight is 908 g/mol. The lowest BCUT2D eigenvalue weighted by atomic mass is 9.96. The molecule has 5 N–H and O–H groups in total. The number of imidazole rings is 1. The van der Waals surface area contributed by atoms with E-state index in [0.29, 0.717) is 24.4 Å². The number of aromatic amines is 1. The van der Waals surface area contributed by atoms with E-state index in [4.69, 9.17) is 20.4 Å². The Morgan fingerprint density at radius 1 is 0.773 bits per heavy atom. The summed E-state index contributed by atoms with van der Waals surface area (Å²) in [6, 6.07) is 34.5. The molecule has 16 heteroatoms. The van der Waals surface area contributed by atoms with Gasteiger partial charge in [0.1, 0.15) is 5.82 Å². The lowest BCUT2D eigenvalue weighted by molar-refractivity contribution is -0.170. The number of carbonyl (C=O) groups is 5. The van der Waals surface area contributed by atoms with E-state index in [1.165, 1.54) is 29.8 Å². The predicted octanol–water partition coefficient (Wildman–Crippen LogP) is 6.57. The van der Waals surface area contributed by atoms with Crippen LogP contribution in [0.15, 0.2) is 120 Å². The van der Waals surface area contributed by atoms with Crippen LogP contribution in [-0.2, 0) is 25.6 Å². The monoisotopic (exact) mass is 907 g/mol. The molecule has 1 fully saturated rings. The van der Waals surface area contributed by atoms with Gasteiger partial charge in [-0.05, 0) is 86.3 Å². The van der Waals surface area contributed by atoms with Gasteiger partial charge in [0.05, 0.1) is 23.9 Å². The number of carboxylic acid groups (broad SMARTS) is 3. The number of carboxylic acids is 3. The number of fused-ring (bicyclic) bond motifs is 1. The van der Waals surface area contributed by atoms with Gasteiger partial charge in [0.15, 0.2) is 11.4 Å². The maximum Gasteiger partial charge on any atom is 0.336 e. The molecule has 0 unspecified atom stereocenters. The molecular formula is C50H58FN5O10. The van der Waals surface area contributed by atoms with Gasteiger partial charge in [-0.3, -0.25) is 28.6 Å². The van der Waals surface area contributed by atoms with E-state index in [0.717, 1.165) is 93.8 Å². The number of aliphatic carboxylic acids is 3. The van der Waals surface area contributed by atoms with Gasteiger partial charge in [0, 0.05) is 75.0 Å². The highest BCUT2D eigenvalue weighted by Crippen LogP contribution is 2.25. The van der Waals surface area contributed by atoms with E-state index in [1.54, 1.807) is 4.57 Å². The number of nitrogens with one attached hydrogen (secondary N) is 1. The molecule has 0 aliphatic carbocycles.